The minimum Gasteiger partial charge on any atom is -0.496 e. The third-order valence-corrected chi connectivity index (χ3v) is 6.42. The highest BCUT2D eigenvalue weighted by atomic mass is 16.5. The molecule has 6 heteroatoms. The quantitative estimate of drug-likeness (QED) is 0.827. The highest BCUT2D eigenvalue weighted by Crippen LogP contribution is 2.43. The summed E-state index contributed by atoms with van der Waals surface area (Å²) in [5, 5.41) is 6.20. The van der Waals surface area contributed by atoms with Gasteiger partial charge in [-0.15, -0.1) is 0 Å². The van der Waals surface area contributed by atoms with E-state index < -0.39 is 11.1 Å². The van der Waals surface area contributed by atoms with Crippen molar-refractivity contribution in [1.29, 1.82) is 0 Å². The van der Waals surface area contributed by atoms with Crippen molar-refractivity contribution in [3.63, 3.8) is 0 Å². The number of ether oxygens (including phenoxy) is 2. The molecule has 6 nitrogen and oxygen atoms in total. The van der Waals surface area contributed by atoms with Crippen LogP contribution in [-0.2, 0) is 35.3 Å². The number of hydrogen-bond acceptors (Lipinski definition) is 4. The van der Waals surface area contributed by atoms with Gasteiger partial charge in [-0.1, -0.05) is 24.3 Å². The molecule has 0 bridgehead atoms. The predicted molar refractivity (Wildman–Crippen MR) is 103 cm³/mol. The molecule has 0 atom stereocenters. The lowest BCUT2D eigenvalue weighted by Gasteiger charge is -2.42. The van der Waals surface area contributed by atoms with Crippen LogP contribution in [0.1, 0.15) is 22.3 Å². The summed E-state index contributed by atoms with van der Waals surface area (Å²) in [6, 6.07) is 11.7. The van der Waals surface area contributed by atoms with Crippen LogP contribution in [0.4, 0.5) is 0 Å². The molecule has 2 aliphatic carbocycles. The van der Waals surface area contributed by atoms with Crippen molar-refractivity contribution in [1.82, 2.24) is 10.6 Å². The average Bonchev–Trinajstić information content (AvgIpc) is 3.25. The molecule has 2 aromatic rings. The number of hydrogen-bond donors (Lipinski definition) is 2. The maximum Gasteiger partial charge on any atom is 0.247 e. The smallest absolute Gasteiger partial charge is 0.247 e. The Hall–Kier alpha value is -3.02. The lowest BCUT2D eigenvalue weighted by molar-refractivity contribution is -0.145. The van der Waals surface area contributed by atoms with Crippen LogP contribution in [0, 0.1) is 0 Å². The van der Waals surface area contributed by atoms with E-state index in [9.17, 15) is 9.59 Å². The molecule has 144 valence electrons. The Labute approximate surface area is 163 Å². The van der Waals surface area contributed by atoms with Crippen LogP contribution in [-0.4, -0.2) is 37.1 Å². The van der Waals surface area contributed by atoms with E-state index >= 15 is 0 Å². The Kier molecular flexibility index (Phi) is 3.50. The van der Waals surface area contributed by atoms with Gasteiger partial charge in [0.05, 0.1) is 14.2 Å². The zero-order valence-corrected chi connectivity index (χ0v) is 15.9. The monoisotopic (exact) mass is 378 g/mol. The second-order valence-electron chi connectivity index (χ2n) is 7.98. The first-order valence-corrected chi connectivity index (χ1v) is 9.45. The second kappa shape index (κ2) is 5.74. The molecule has 5 rings (SSSR count). The van der Waals surface area contributed by atoms with Crippen LogP contribution in [0.15, 0.2) is 36.4 Å². The number of carbonyl (C=O) groups is 2. The van der Waals surface area contributed by atoms with Gasteiger partial charge < -0.3 is 20.1 Å². The molecular formula is C22H22N2O4. The maximum absolute atomic E-state index is 13.3. The van der Waals surface area contributed by atoms with Gasteiger partial charge in [-0.05, 0) is 23.3 Å². The van der Waals surface area contributed by atoms with E-state index in [0.717, 1.165) is 22.3 Å². The fourth-order valence-corrected chi connectivity index (χ4v) is 4.99. The van der Waals surface area contributed by atoms with E-state index in [1.807, 2.05) is 36.4 Å². The number of carbonyl (C=O) groups excluding carboxylic acids is 2. The number of benzene rings is 2. The van der Waals surface area contributed by atoms with Crippen molar-refractivity contribution in [3.05, 3.63) is 58.7 Å². The highest BCUT2D eigenvalue weighted by Gasteiger charge is 2.58. The van der Waals surface area contributed by atoms with E-state index in [2.05, 4.69) is 10.6 Å². The first kappa shape index (κ1) is 17.1. The van der Waals surface area contributed by atoms with E-state index in [0.29, 0.717) is 37.2 Å². The SMILES string of the molecule is COc1ccc(OC)c2c1CC1(C2)NC(=O)C2(Cc3ccccc3C2)NC1=O. The molecule has 0 aromatic heterocycles. The van der Waals surface area contributed by atoms with Gasteiger partial charge in [-0.25, -0.2) is 0 Å². The number of rotatable bonds is 2. The number of piperazine rings is 1. The van der Waals surface area contributed by atoms with Gasteiger partial charge in [0.2, 0.25) is 11.8 Å². The summed E-state index contributed by atoms with van der Waals surface area (Å²) in [6.45, 7) is 0. The fraction of sp³-hybridized carbons (Fsp3) is 0.364. The normalized spacial score (nSPS) is 20.5. The van der Waals surface area contributed by atoms with Gasteiger partial charge in [0.15, 0.2) is 0 Å². The van der Waals surface area contributed by atoms with Crippen LogP contribution >= 0.6 is 0 Å². The molecule has 0 unspecified atom stereocenters. The number of amides is 2. The van der Waals surface area contributed by atoms with Crippen LogP contribution < -0.4 is 20.1 Å². The Morgan fingerprint density at radius 1 is 0.714 bits per heavy atom. The molecule has 3 aliphatic rings. The van der Waals surface area contributed by atoms with Crippen LogP contribution in [0.2, 0.25) is 0 Å². The number of nitrogens with one attached hydrogen (secondary N) is 2. The van der Waals surface area contributed by atoms with Gasteiger partial charge in [-0.3, -0.25) is 9.59 Å². The predicted octanol–water partition coefficient (Wildman–Crippen LogP) is 1.32. The molecule has 1 aliphatic heterocycles. The Balaban J connectivity index is 1.48. The molecule has 0 radical (unpaired) electrons. The van der Waals surface area contributed by atoms with Gasteiger partial charge in [-0.2, -0.15) is 0 Å². The third-order valence-electron chi connectivity index (χ3n) is 6.42. The Bertz CT molecular complexity index is 956. The zero-order chi connectivity index (χ0) is 19.5. The van der Waals surface area contributed by atoms with Crippen molar-refractivity contribution in [2.75, 3.05) is 14.2 Å². The first-order chi connectivity index (χ1) is 13.5. The van der Waals surface area contributed by atoms with Gasteiger partial charge in [0.1, 0.15) is 22.6 Å². The van der Waals surface area contributed by atoms with Gasteiger partial charge in [0.25, 0.3) is 0 Å². The summed E-state index contributed by atoms with van der Waals surface area (Å²) < 4.78 is 11.0. The molecule has 2 spiro atoms. The molecule has 1 heterocycles. The molecular weight excluding hydrogens is 356 g/mol. The topological polar surface area (TPSA) is 76.7 Å². The zero-order valence-electron chi connectivity index (χ0n) is 15.9. The minimum atomic E-state index is -0.999. The van der Waals surface area contributed by atoms with Crippen LogP contribution in [0.3, 0.4) is 0 Å². The standard InChI is InChI=1S/C22H22N2O4/c1-27-17-7-8-18(28-2)16-12-22(11-15(16)17)20(26)23-21(19(25)24-22)9-13-5-3-4-6-14(13)10-21/h3-8H,9-12H2,1-2H3,(H,23,26)(H,24,25). The summed E-state index contributed by atoms with van der Waals surface area (Å²) in [7, 11) is 3.22. The van der Waals surface area contributed by atoms with Crippen molar-refractivity contribution in [3.8, 4) is 11.5 Å². The van der Waals surface area contributed by atoms with Crippen molar-refractivity contribution in [2.24, 2.45) is 0 Å². The molecule has 1 saturated heterocycles. The van der Waals surface area contributed by atoms with Crippen molar-refractivity contribution >= 4 is 11.8 Å². The van der Waals surface area contributed by atoms with Gasteiger partial charge >= 0.3 is 0 Å². The summed E-state index contributed by atoms with van der Waals surface area (Å²) in [4.78, 5) is 26.6. The maximum atomic E-state index is 13.3. The second-order valence-corrected chi connectivity index (χ2v) is 7.98. The Morgan fingerprint density at radius 3 is 1.57 bits per heavy atom. The largest absolute Gasteiger partial charge is 0.496 e. The average molecular weight is 378 g/mol. The van der Waals surface area contributed by atoms with Crippen LogP contribution in [0.5, 0.6) is 11.5 Å². The van der Waals surface area contributed by atoms with E-state index in [-0.39, 0.29) is 11.8 Å². The molecule has 0 saturated carbocycles. The molecule has 1 fully saturated rings. The molecule has 28 heavy (non-hydrogen) atoms. The highest BCUT2D eigenvalue weighted by molar-refractivity contribution is 6.04. The first-order valence-electron chi connectivity index (χ1n) is 9.45. The van der Waals surface area contributed by atoms with E-state index in [4.69, 9.17) is 9.47 Å². The van der Waals surface area contributed by atoms with E-state index in [1.165, 1.54) is 0 Å². The lowest BCUT2D eigenvalue weighted by atomic mass is 9.83. The molecule has 2 aromatic carbocycles. The van der Waals surface area contributed by atoms with Gasteiger partial charge in [0, 0.05) is 36.8 Å². The number of methoxy groups -OCH3 is 2. The van der Waals surface area contributed by atoms with Crippen LogP contribution in [0.25, 0.3) is 0 Å². The Morgan fingerprint density at radius 2 is 1.14 bits per heavy atom. The molecule has 2 amide bonds. The lowest BCUT2D eigenvalue weighted by Crippen LogP contribution is -2.75. The minimum absolute atomic E-state index is 0.117. The summed E-state index contributed by atoms with van der Waals surface area (Å²) >= 11 is 0. The summed E-state index contributed by atoms with van der Waals surface area (Å²) in [5.74, 6) is 1.17. The summed E-state index contributed by atoms with van der Waals surface area (Å²) in [6.07, 6.45) is 1.83. The third kappa shape index (κ3) is 2.20. The molecule has 2 N–H and O–H groups in total. The number of fused-ring (bicyclic) bond motifs is 2. The van der Waals surface area contributed by atoms with E-state index in [1.54, 1.807) is 14.2 Å². The van der Waals surface area contributed by atoms with Crippen molar-refractivity contribution < 1.29 is 19.1 Å². The fourth-order valence-electron chi connectivity index (χ4n) is 4.99. The summed E-state index contributed by atoms with van der Waals surface area (Å²) in [5.41, 5.74) is 2.18. The van der Waals surface area contributed by atoms with Crippen molar-refractivity contribution in [2.45, 2.75) is 36.8 Å².